The summed E-state index contributed by atoms with van der Waals surface area (Å²) in [6, 6.07) is 1.51. The van der Waals surface area contributed by atoms with Gasteiger partial charge >= 0.3 is 18.2 Å². The number of likely N-dealkylation sites (tertiary alicyclic amines) is 1. The van der Waals surface area contributed by atoms with Crippen LogP contribution in [0.3, 0.4) is 0 Å². The van der Waals surface area contributed by atoms with Crippen molar-refractivity contribution in [2.24, 2.45) is 5.92 Å². The standard InChI is InChI=1S/C19H21F4NO5/c1-3-29-17(26)10-16(25)12-6-7-24(18(27)28-2)15(9-12)11-4-5-13(14(20)8-11)19(21,22)23/h4-5,8,12,15H,3,6-7,9-10H2,1-2H3. The van der Waals surface area contributed by atoms with Crippen molar-refractivity contribution < 1.29 is 41.4 Å². The number of halogens is 4. The molecule has 10 heteroatoms. The number of rotatable bonds is 5. The first-order valence-corrected chi connectivity index (χ1v) is 8.98. The fraction of sp³-hybridized carbons (Fsp3) is 0.526. The predicted molar refractivity (Wildman–Crippen MR) is 92.2 cm³/mol. The second-order valence-electron chi connectivity index (χ2n) is 6.59. The summed E-state index contributed by atoms with van der Waals surface area (Å²) in [6.45, 7) is 1.80. The molecule has 6 nitrogen and oxygen atoms in total. The van der Waals surface area contributed by atoms with Gasteiger partial charge in [0.25, 0.3) is 0 Å². The Labute approximate surface area is 164 Å². The molecular formula is C19H21F4NO5. The summed E-state index contributed by atoms with van der Waals surface area (Å²) in [7, 11) is 1.14. The second-order valence-corrected chi connectivity index (χ2v) is 6.59. The Morgan fingerprint density at radius 1 is 1.24 bits per heavy atom. The normalized spacial score (nSPS) is 19.6. The van der Waals surface area contributed by atoms with Crippen LogP contribution in [-0.4, -0.2) is 43.0 Å². The lowest BCUT2D eigenvalue weighted by atomic mass is 9.83. The molecule has 0 spiro atoms. The number of carbonyl (C=O) groups is 3. The topological polar surface area (TPSA) is 72.9 Å². The highest BCUT2D eigenvalue weighted by atomic mass is 19.4. The summed E-state index contributed by atoms with van der Waals surface area (Å²) in [5.74, 6) is -3.18. The molecule has 2 unspecified atom stereocenters. The maximum absolute atomic E-state index is 14.0. The van der Waals surface area contributed by atoms with Gasteiger partial charge in [-0.25, -0.2) is 9.18 Å². The number of Topliss-reactive ketones (excluding diaryl/α,β-unsaturated/α-hetero) is 1. The molecule has 2 atom stereocenters. The number of carbonyl (C=O) groups excluding carboxylic acids is 3. The number of nitrogens with zero attached hydrogens (tertiary/aromatic N) is 1. The first-order valence-electron chi connectivity index (χ1n) is 8.98. The van der Waals surface area contributed by atoms with Crippen LogP contribution >= 0.6 is 0 Å². The third kappa shape index (κ3) is 5.45. The van der Waals surface area contributed by atoms with Crippen LogP contribution in [0.15, 0.2) is 18.2 Å². The first kappa shape index (κ1) is 22.6. The van der Waals surface area contributed by atoms with E-state index in [-0.39, 0.29) is 31.6 Å². The van der Waals surface area contributed by atoms with Crippen molar-refractivity contribution in [2.45, 2.75) is 38.4 Å². The van der Waals surface area contributed by atoms with Gasteiger partial charge in [-0.15, -0.1) is 0 Å². The molecule has 1 aliphatic heterocycles. The smallest absolute Gasteiger partial charge is 0.419 e. The maximum atomic E-state index is 14.0. The summed E-state index contributed by atoms with van der Waals surface area (Å²) in [5, 5.41) is 0. The zero-order valence-electron chi connectivity index (χ0n) is 15.9. The largest absolute Gasteiger partial charge is 0.466 e. The molecule has 2 rings (SSSR count). The Kier molecular flexibility index (Phi) is 7.21. The van der Waals surface area contributed by atoms with Gasteiger partial charge in [-0.3, -0.25) is 9.59 Å². The van der Waals surface area contributed by atoms with E-state index in [1.807, 2.05) is 0 Å². The zero-order valence-corrected chi connectivity index (χ0v) is 15.9. The van der Waals surface area contributed by atoms with E-state index in [9.17, 15) is 31.9 Å². The third-order valence-electron chi connectivity index (χ3n) is 4.77. The third-order valence-corrected chi connectivity index (χ3v) is 4.77. The van der Waals surface area contributed by atoms with Crippen LogP contribution in [-0.2, 0) is 25.2 Å². The molecule has 1 aromatic rings. The molecule has 0 saturated carbocycles. The average molecular weight is 419 g/mol. The van der Waals surface area contributed by atoms with Crippen LogP contribution in [0.2, 0.25) is 0 Å². The fourth-order valence-corrected chi connectivity index (χ4v) is 3.38. The predicted octanol–water partition coefficient (Wildman–Crippen LogP) is 3.89. The summed E-state index contributed by atoms with van der Waals surface area (Å²) < 4.78 is 62.0. The number of amides is 1. The number of ketones is 1. The highest BCUT2D eigenvalue weighted by Crippen LogP contribution is 2.38. The number of hydrogen-bond acceptors (Lipinski definition) is 5. The molecule has 0 aliphatic carbocycles. The second kappa shape index (κ2) is 9.23. The molecule has 1 fully saturated rings. The quantitative estimate of drug-likeness (QED) is 0.411. The van der Waals surface area contributed by atoms with Gasteiger partial charge in [-0.1, -0.05) is 6.07 Å². The number of methoxy groups -OCH3 is 1. The Morgan fingerprint density at radius 3 is 2.48 bits per heavy atom. The maximum Gasteiger partial charge on any atom is 0.419 e. The van der Waals surface area contributed by atoms with Gasteiger partial charge in [0, 0.05) is 12.5 Å². The minimum absolute atomic E-state index is 0.0259. The zero-order chi connectivity index (χ0) is 21.8. The van der Waals surface area contributed by atoms with E-state index in [1.165, 1.54) is 4.90 Å². The van der Waals surface area contributed by atoms with Gasteiger partial charge in [0.2, 0.25) is 0 Å². The van der Waals surface area contributed by atoms with Crippen molar-refractivity contribution in [3.05, 3.63) is 35.1 Å². The molecule has 0 N–H and O–H groups in total. The van der Waals surface area contributed by atoms with Crippen molar-refractivity contribution >= 4 is 17.8 Å². The SMILES string of the molecule is CCOC(=O)CC(=O)C1CCN(C(=O)OC)C(c2ccc(C(F)(F)F)c(F)c2)C1. The fourth-order valence-electron chi connectivity index (χ4n) is 3.38. The van der Waals surface area contributed by atoms with Gasteiger partial charge in [0.05, 0.1) is 25.3 Å². The Balaban J connectivity index is 2.28. The number of benzene rings is 1. The van der Waals surface area contributed by atoms with Gasteiger partial charge in [0.15, 0.2) is 0 Å². The van der Waals surface area contributed by atoms with Crippen molar-refractivity contribution in [1.29, 1.82) is 0 Å². The highest BCUT2D eigenvalue weighted by molar-refractivity contribution is 5.97. The first-order chi connectivity index (χ1) is 13.6. The highest BCUT2D eigenvalue weighted by Gasteiger charge is 2.38. The molecule has 0 aromatic heterocycles. The van der Waals surface area contributed by atoms with E-state index < -0.39 is 53.8 Å². The molecule has 160 valence electrons. The average Bonchev–Trinajstić information content (AvgIpc) is 2.65. The summed E-state index contributed by atoms with van der Waals surface area (Å²) in [4.78, 5) is 37.3. The van der Waals surface area contributed by atoms with E-state index in [1.54, 1.807) is 6.92 Å². The van der Waals surface area contributed by atoms with Gasteiger partial charge in [-0.05, 0) is 37.5 Å². The summed E-state index contributed by atoms with van der Waals surface area (Å²) in [6.07, 6.45) is -5.77. The van der Waals surface area contributed by atoms with Crippen LogP contribution in [0.25, 0.3) is 0 Å². The Hall–Kier alpha value is -2.65. The molecule has 1 amide bonds. The summed E-state index contributed by atoms with van der Waals surface area (Å²) in [5.41, 5.74) is -1.31. The van der Waals surface area contributed by atoms with E-state index in [4.69, 9.17) is 9.47 Å². The summed E-state index contributed by atoms with van der Waals surface area (Å²) >= 11 is 0. The van der Waals surface area contributed by atoms with Gasteiger partial charge in [-0.2, -0.15) is 13.2 Å². The van der Waals surface area contributed by atoms with Gasteiger partial charge in [0.1, 0.15) is 18.0 Å². The molecule has 29 heavy (non-hydrogen) atoms. The van der Waals surface area contributed by atoms with E-state index in [2.05, 4.69) is 0 Å². The number of hydrogen-bond donors (Lipinski definition) is 0. The lowest BCUT2D eigenvalue weighted by Crippen LogP contribution is -2.43. The minimum Gasteiger partial charge on any atom is -0.466 e. The molecule has 1 aliphatic rings. The van der Waals surface area contributed by atoms with Gasteiger partial charge < -0.3 is 14.4 Å². The van der Waals surface area contributed by atoms with Crippen LogP contribution in [0, 0.1) is 11.7 Å². The lowest BCUT2D eigenvalue weighted by molar-refractivity contribution is -0.147. The van der Waals surface area contributed by atoms with Crippen molar-refractivity contribution in [1.82, 2.24) is 4.90 Å². The van der Waals surface area contributed by atoms with E-state index in [0.717, 1.165) is 13.2 Å². The van der Waals surface area contributed by atoms with Crippen molar-refractivity contribution in [3.63, 3.8) is 0 Å². The molecule has 1 aromatic carbocycles. The van der Waals surface area contributed by atoms with Crippen LogP contribution in [0.4, 0.5) is 22.4 Å². The lowest BCUT2D eigenvalue weighted by Gasteiger charge is -2.38. The number of ether oxygens (including phenoxy) is 2. The van der Waals surface area contributed by atoms with E-state index >= 15 is 0 Å². The molecule has 1 saturated heterocycles. The minimum atomic E-state index is -4.85. The number of alkyl halides is 3. The Morgan fingerprint density at radius 2 is 1.93 bits per heavy atom. The number of piperidine rings is 1. The van der Waals surface area contributed by atoms with Crippen molar-refractivity contribution in [2.75, 3.05) is 20.3 Å². The molecule has 0 bridgehead atoms. The molecular weight excluding hydrogens is 398 g/mol. The van der Waals surface area contributed by atoms with Crippen LogP contribution in [0.1, 0.15) is 43.4 Å². The number of esters is 1. The molecule has 1 heterocycles. The Bertz CT molecular complexity index is 780. The van der Waals surface area contributed by atoms with Crippen LogP contribution < -0.4 is 0 Å². The van der Waals surface area contributed by atoms with E-state index in [0.29, 0.717) is 12.1 Å². The van der Waals surface area contributed by atoms with Crippen molar-refractivity contribution in [3.8, 4) is 0 Å². The molecule has 0 radical (unpaired) electrons. The van der Waals surface area contributed by atoms with Crippen LogP contribution in [0.5, 0.6) is 0 Å². The monoisotopic (exact) mass is 419 g/mol.